The van der Waals surface area contributed by atoms with Gasteiger partial charge in [-0.05, 0) is 12.2 Å². The number of carboxylic acids is 1. The Hall–Kier alpha value is -0.240. The summed E-state index contributed by atoms with van der Waals surface area (Å²) in [5, 5.41) is 8.99. The molecule has 0 saturated carbocycles. The molecule has 0 aliphatic rings. The number of hydrogen-bond donors (Lipinski definition) is 4. The average Bonchev–Trinajstić information content (AvgIpc) is 2.27. The van der Waals surface area contributed by atoms with Gasteiger partial charge in [0, 0.05) is 12.0 Å². The Kier molecular flexibility index (Phi) is 15.0. The van der Waals surface area contributed by atoms with E-state index in [0.29, 0.717) is 6.42 Å². The first-order chi connectivity index (χ1) is 7.47. The van der Waals surface area contributed by atoms with Gasteiger partial charge in [-0.3, -0.25) is 4.99 Å². The van der Waals surface area contributed by atoms with Crippen molar-refractivity contribution in [3.05, 3.63) is 0 Å². The molecule has 0 aliphatic carbocycles. The first-order valence-electron chi connectivity index (χ1n) is 4.95. The lowest BCUT2D eigenvalue weighted by Crippen LogP contribution is -2.43. The van der Waals surface area contributed by atoms with Crippen molar-refractivity contribution in [2.24, 2.45) is 22.4 Å². The fourth-order valence-corrected chi connectivity index (χ4v) is 1.79. The van der Waals surface area contributed by atoms with Gasteiger partial charge in [-0.15, -0.1) is 24.8 Å². The minimum Gasteiger partial charge on any atom is -0.480 e. The summed E-state index contributed by atoms with van der Waals surface area (Å²) in [5.74, 6) is -1.70. The number of nitrogens with two attached hydrogens (primary N) is 2. The summed E-state index contributed by atoms with van der Waals surface area (Å²) in [4.78, 5) is 14.6. The Morgan fingerprint density at radius 2 is 2.00 bits per heavy atom. The largest absolute Gasteiger partial charge is 0.480 e. The SMILES string of the molecule is CCC(N)C(CS)[C@H](N=C(N)CF)C(=O)O.Cl.Cl. The lowest BCUT2D eigenvalue weighted by molar-refractivity contribution is -0.139. The van der Waals surface area contributed by atoms with E-state index >= 15 is 0 Å². The monoisotopic (exact) mass is 323 g/mol. The Morgan fingerprint density at radius 1 is 1.50 bits per heavy atom. The fourth-order valence-electron chi connectivity index (χ4n) is 1.32. The molecule has 5 N–H and O–H groups in total. The van der Waals surface area contributed by atoms with Crippen LogP contribution in [-0.2, 0) is 4.79 Å². The Bertz CT molecular complexity index is 272. The molecule has 0 saturated heterocycles. The highest BCUT2D eigenvalue weighted by Crippen LogP contribution is 2.16. The third-order valence-electron chi connectivity index (χ3n) is 2.33. The molecule has 0 fully saturated rings. The smallest absolute Gasteiger partial charge is 0.328 e. The quantitative estimate of drug-likeness (QED) is 0.317. The van der Waals surface area contributed by atoms with Gasteiger partial charge in [-0.2, -0.15) is 12.6 Å². The highest BCUT2D eigenvalue weighted by atomic mass is 35.5. The van der Waals surface area contributed by atoms with Crippen molar-refractivity contribution in [3.63, 3.8) is 0 Å². The number of rotatable bonds is 7. The molecule has 5 nitrogen and oxygen atoms in total. The van der Waals surface area contributed by atoms with Crippen LogP contribution in [0.3, 0.4) is 0 Å². The van der Waals surface area contributed by atoms with Crippen LogP contribution in [0.25, 0.3) is 0 Å². The molecule has 0 rings (SSSR count). The van der Waals surface area contributed by atoms with E-state index in [1.807, 2.05) is 6.92 Å². The molecule has 0 aromatic carbocycles. The second kappa shape index (κ2) is 11.8. The van der Waals surface area contributed by atoms with Crippen LogP contribution < -0.4 is 11.5 Å². The van der Waals surface area contributed by atoms with E-state index in [-0.39, 0.29) is 42.4 Å². The topological polar surface area (TPSA) is 102 Å². The van der Waals surface area contributed by atoms with Crippen LogP contribution >= 0.6 is 37.4 Å². The van der Waals surface area contributed by atoms with E-state index in [1.165, 1.54) is 0 Å². The van der Waals surface area contributed by atoms with E-state index in [9.17, 15) is 9.18 Å². The highest BCUT2D eigenvalue weighted by Gasteiger charge is 2.30. The van der Waals surface area contributed by atoms with E-state index < -0.39 is 24.6 Å². The number of halogens is 3. The fraction of sp³-hybridized carbons (Fsp3) is 0.778. The summed E-state index contributed by atoms with van der Waals surface area (Å²) in [6.45, 7) is 0.868. The molecule has 3 atom stereocenters. The van der Waals surface area contributed by atoms with E-state index in [4.69, 9.17) is 16.6 Å². The molecule has 0 radical (unpaired) electrons. The molecule has 0 bridgehead atoms. The zero-order valence-electron chi connectivity index (χ0n) is 9.95. The predicted molar refractivity (Wildman–Crippen MR) is 79.1 cm³/mol. The number of thiol groups is 1. The van der Waals surface area contributed by atoms with Crippen LogP contribution in [0.1, 0.15) is 13.3 Å². The summed E-state index contributed by atoms with van der Waals surface area (Å²) >= 11 is 4.05. The Balaban J connectivity index is -0.00000112. The van der Waals surface area contributed by atoms with Gasteiger partial charge in [0.2, 0.25) is 0 Å². The van der Waals surface area contributed by atoms with Crippen LogP contribution in [0, 0.1) is 5.92 Å². The molecular formula is C9H20Cl2FN3O2S. The number of carbonyl (C=O) groups is 1. The standard InChI is InChI=1S/C9H18FN3O2S.2ClH/c1-2-6(11)5(4-16)8(9(14)15)13-7(12)3-10;;/h5-6,8,16H,2-4,11H2,1H3,(H2,12,13)(H,14,15);2*1H/t5?,6?,8-;;/m0../s1. The average molecular weight is 324 g/mol. The molecule has 0 spiro atoms. The third-order valence-corrected chi connectivity index (χ3v) is 2.75. The number of aliphatic carboxylic acids is 1. The van der Waals surface area contributed by atoms with Gasteiger partial charge in [-0.1, -0.05) is 6.92 Å². The van der Waals surface area contributed by atoms with Crippen molar-refractivity contribution < 1.29 is 14.3 Å². The van der Waals surface area contributed by atoms with Gasteiger partial charge >= 0.3 is 5.97 Å². The van der Waals surface area contributed by atoms with Crippen molar-refractivity contribution in [3.8, 4) is 0 Å². The first-order valence-corrected chi connectivity index (χ1v) is 5.58. The van der Waals surface area contributed by atoms with E-state index in [1.54, 1.807) is 0 Å². The normalized spacial score (nSPS) is 15.9. The minimum atomic E-state index is -1.17. The number of alkyl halides is 1. The predicted octanol–water partition coefficient (Wildman–Crippen LogP) is 0.893. The van der Waals surface area contributed by atoms with Crippen molar-refractivity contribution in [2.75, 3.05) is 12.4 Å². The van der Waals surface area contributed by atoms with Crippen LogP contribution in [0.15, 0.2) is 4.99 Å². The summed E-state index contributed by atoms with van der Waals surface area (Å²) in [6.07, 6.45) is 0.597. The summed E-state index contributed by atoms with van der Waals surface area (Å²) in [5.41, 5.74) is 11.0. The number of nitrogens with zero attached hydrogens (tertiary/aromatic N) is 1. The van der Waals surface area contributed by atoms with Gasteiger partial charge in [0.15, 0.2) is 6.04 Å². The number of aliphatic imine (C=N–C) groups is 1. The summed E-state index contributed by atoms with van der Waals surface area (Å²) < 4.78 is 12.2. The maximum atomic E-state index is 12.2. The van der Waals surface area contributed by atoms with E-state index in [0.717, 1.165) is 0 Å². The van der Waals surface area contributed by atoms with Gasteiger partial charge in [-0.25, -0.2) is 9.18 Å². The molecule has 18 heavy (non-hydrogen) atoms. The van der Waals surface area contributed by atoms with Crippen LogP contribution in [0.2, 0.25) is 0 Å². The lowest BCUT2D eigenvalue weighted by Gasteiger charge is -2.24. The molecule has 0 aromatic heterocycles. The second-order valence-electron chi connectivity index (χ2n) is 3.46. The zero-order chi connectivity index (χ0) is 12.7. The molecule has 0 aromatic rings. The summed E-state index contributed by atoms with van der Waals surface area (Å²) in [6, 6.07) is -1.49. The molecule has 110 valence electrons. The molecule has 9 heteroatoms. The minimum absolute atomic E-state index is 0. The number of carboxylic acid groups (broad SMARTS) is 1. The van der Waals surface area contributed by atoms with Crippen molar-refractivity contribution >= 4 is 49.2 Å². The van der Waals surface area contributed by atoms with Crippen LogP contribution in [-0.4, -0.2) is 41.4 Å². The van der Waals surface area contributed by atoms with Crippen molar-refractivity contribution in [1.82, 2.24) is 0 Å². The molecule has 0 aliphatic heterocycles. The first kappa shape index (κ1) is 22.9. The molecular weight excluding hydrogens is 304 g/mol. The number of hydrogen-bond acceptors (Lipinski definition) is 4. The highest BCUT2D eigenvalue weighted by molar-refractivity contribution is 7.80. The van der Waals surface area contributed by atoms with Gasteiger partial charge < -0.3 is 16.6 Å². The third kappa shape index (κ3) is 7.25. The molecule has 0 heterocycles. The second-order valence-corrected chi connectivity index (χ2v) is 3.82. The molecule has 0 amide bonds. The number of amidine groups is 1. The maximum Gasteiger partial charge on any atom is 0.328 e. The van der Waals surface area contributed by atoms with Gasteiger partial charge in [0.1, 0.15) is 12.5 Å². The van der Waals surface area contributed by atoms with Crippen LogP contribution in [0.4, 0.5) is 4.39 Å². The van der Waals surface area contributed by atoms with Crippen LogP contribution in [0.5, 0.6) is 0 Å². The Morgan fingerprint density at radius 3 is 2.28 bits per heavy atom. The van der Waals surface area contributed by atoms with Gasteiger partial charge in [0.05, 0.1) is 0 Å². The van der Waals surface area contributed by atoms with Crippen molar-refractivity contribution in [2.45, 2.75) is 25.4 Å². The summed E-state index contributed by atoms with van der Waals surface area (Å²) in [7, 11) is 0. The van der Waals surface area contributed by atoms with Gasteiger partial charge in [0.25, 0.3) is 0 Å². The zero-order valence-corrected chi connectivity index (χ0v) is 12.5. The lowest BCUT2D eigenvalue weighted by atomic mass is 9.92. The van der Waals surface area contributed by atoms with E-state index in [2.05, 4.69) is 17.6 Å². The maximum absolute atomic E-state index is 12.2. The Labute approximate surface area is 124 Å². The van der Waals surface area contributed by atoms with Crippen molar-refractivity contribution in [1.29, 1.82) is 0 Å². The molecule has 2 unspecified atom stereocenters.